The Bertz CT molecular complexity index is 4230. The minimum absolute atomic E-state index is 0.0115. The molecular formula is C57H70N14O20S7. The van der Waals surface area contributed by atoms with Crippen LogP contribution in [0.25, 0.3) is 32.3 Å². The molecule has 0 radical (unpaired) electrons. The normalized spacial score (nSPS) is 21.1. The Labute approximate surface area is 577 Å². The third-order valence-electron chi connectivity index (χ3n) is 15.0. The van der Waals surface area contributed by atoms with Crippen LogP contribution in [0.5, 0.6) is 0 Å². The zero-order chi connectivity index (χ0) is 71.8. The zero-order valence-electron chi connectivity index (χ0n) is 51.8. The van der Waals surface area contributed by atoms with E-state index >= 15 is 0 Å². The molecule has 5 aromatic rings. The fourth-order valence-electron chi connectivity index (χ4n) is 10.4. The Morgan fingerprint density at radius 1 is 0.602 bits per heavy atom. The van der Waals surface area contributed by atoms with Crippen LogP contribution >= 0.6 is 45.6 Å². The van der Waals surface area contributed by atoms with E-state index in [1.807, 2.05) is 0 Å². The van der Waals surface area contributed by atoms with Gasteiger partial charge < -0.3 is 75.1 Å². The lowest BCUT2D eigenvalue weighted by Crippen LogP contribution is -2.60. The average Bonchev–Trinajstić information content (AvgIpc) is 0.707. The number of rotatable bonds is 19. The molecule has 41 heteroatoms. The Balaban J connectivity index is 1.19. The van der Waals surface area contributed by atoms with Crippen molar-refractivity contribution in [3.63, 3.8) is 0 Å². The fraction of sp³-hybridized carbons (Fsp3) is 0.404. The second kappa shape index (κ2) is 34.4. The number of guanidine groups is 1. The van der Waals surface area contributed by atoms with E-state index in [0.29, 0.717) is 11.6 Å². The number of carboxylic acids is 1. The molecule has 7 atom stereocenters. The number of aliphatic imine (C=N–C) groups is 1. The molecule has 2 bridgehead atoms. The standard InChI is InChI=1S/C57H70N14O20S7/c1-2-60-50(77)38-24-93-27-45(73)64-34(11-6-7-17-62-57(92)71-35-20-41(96(83,84)85)30-15-16-32-43(98(89,90)91)22-42(97(86,87)88)31-14-13-29(35)47(30)48(31)32)51(78)69-39-25-94-95-26-40(55(82)67-36(52(79)68-38)19-28-9-4-3-5-10-28)70-53(80)37(21-46(74)75)65-44(72)23-63-49(76)33(66-54(39)81)12-8-18-61-56(58)59/h3-5,9-10,13-16,20,22,33-34,36-40H,2,6-8,11-12,17-19,21,23-27H2,1H3,(H,60,77)(H,63,76)(H,64,73)(H,65,72)(H,66,81)(H,67,82)(H,68,79)(H,69,78)(H,70,80)(H,74,75)(H4,58,59,61)(H2,62,71,92)(H,83,84,85)(H,86,87,88)(H,89,90,91)/t33-,34-,36-,37-,38-,39-,40-/m0/s1. The molecule has 19 N–H and O–H groups in total. The zero-order valence-corrected chi connectivity index (χ0v) is 57.5. The molecule has 530 valence electrons. The number of thiocarbonyl (C=S) groups is 1. The number of benzene rings is 5. The second-order valence-electron chi connectivity index (χ2n) is 22.1. The number of hydrogen-bond acceptors (Lipinski definition) is 21. The van der Waals surface area contributed by atoms with Crippen LogP contribution < -0.4 is 70.0 Å². The number of anilines is 1. The van der Waals surface area contributed by atoms with Gasteiger partial charge in [-0.25, -0.2) is 0 Å². The number of amides is 9. The lowest BCUT2D eigenvalue weighted by molar-refractivity contribution is -0.141. The van der Waals surface area contributed by atoms with Crippen LogP contribution in [-0.2, 0) is 84.7 Å². The molecular weight excluding hydrogens is 1430 g/mol. The number of carbonyl (C=O) groups is 10. The summed E-state index contributed by atoms with van der Waals surface area (Å²) in [6, 6.07) is 3.85. The highest BCUT2D eigenvalue weighted by atomic mass is 33.1. The maximum absolute atomic E-state index is 14.7. The van der Waals surface area contributed by atoms with E-state index in [1.165, 1.54) is 12.1 Å². The van der Waals surface area contributed by atoms with Crippen LogP contribution in [0.3, 0.4) is 0 Å². The van der Waals surface area contributed by atoms with E-state index in [4.69, 9.17) is 23.7 Å². The first-order valence-corrected chi connectivity index (χ1v) is 38.2. The van der Waals surface area contributed by atoms with Crippen molar-refractivity contribution in [3.05, 3.63) is 72.3 Å². The molecule has 2 heterocycles. The molecule has 2 saturated heterocycles. The van der Waals surface area contributed by atoms with E-state index in [2.05, 4.69) is 63.5 Å². The Morgan fingerprint density at radius 3 is 1.69 bits per heavy atom. The molecule has 0 aliphatic carbocycles. The summed E-state index contributed by atoms with van der Waals surface area (Å²) in [7, 11) is -13.8. The summed E-state index contributed by atoms with van der Waals surface area (Å²) in [5, 5.41) is 37.1. The Hall–Kier alpha value is -8.42. The number of nitrogens with zero attached hydrogens (tertiary/aromatic N) is 1. The van der Waals surface area contributed by atoms with Crippen molar-refractivity contribution in [2.24, 2.45) is 16.5 Å². The SMILES string of the molecule is CCNC(=O)[C@@H]1CSCC(=O)N[C@@H](CCCCNC(=S)Nc2cc(S(=O)(=O)O)c3ccc4c(S(=O)(=O)O)cc(S(=O)(=O)O)c5ccc2c3c54)C(=O)N[C@H]2CSSC[C@H](NC(=O)[C@H](CC(=O)O)NC(=O)CNC(=O)[C@H](CCCN=C(N)N)NC2=O)C(=O)N[C@@H](Cc2ccccc2)C(=O)N1. The van der Waals surface area contributed by atoms with Crippen molar-refractivity contribution in [1.82, 2.24) is 53.2 Å². The molecule has 0 saturated carbocycles. The quantitative estimate of drug-likeness (QED) is 0.00837. The van der Waals surface area contributed by atoms with Crippen molar-refractivity contribution in [2.75, 3.05) is 54.5 Å². The largest absolute Gasteiger partial charge is 0.481 e. The van der Waals surface area contributed by atoms with Gasteiger partial charge in [0.2, 0.25) is 53.2 Å². The second-order valence-corrected chi connectivity index (χ2v) is 30.3. The van der Waals surface area contributed by atoms with Gasteiger partial charge in [-0.1, -0.05) is 76.2 Å². The predicted octanol–water partition coefficient (Wildman–Crippen LogP) is -1.66. The van der Waals surface area contributed by atoms with Crippen LogP contribution in [0.4, 0.5) is 5.69 Å². The minimum atomic E-state index is -5.21. The summed E-state index contributed by atoms with van der Waals surface area (Å²) in [6.07, 6.45) is -1.21. The molecule has 7 rings (SSSR count). The first-order chi connectivity index (χ1) is 46.2. The smallest absolute Gasteiger partial charge is 0.305 e. The summed E-state index contributed by atoms with van der Waals surface area (Å²) in [5.74, 6) is -11.7. The van der Waals surface area contributed by atoms with Crippen molar-refractivity contribution in [1.29, 1.82) is 0 Å². The van der Waals surface area contributed by atoms with E-state index in [0.717, 1.165) is 51.5 Å². The van der Waals surface area contributed by atoms with Gasteiger partial charge in [0.1, 0.15) is 57.0 Å². The first kappa shape index (κ1) is 76.9. The van der Waals surface area contributed by atoms with Crippen LogP contribution in [-0.4, -0.2) is 206 Å². The molecule has 5 aromatic carbocycles. The van der Waals surface area contributed by atoms with Gasteiger partial charge in [-0.3, -0.25) is 66.6 Å². The van der Waals surface area contributed by atoms with E-state index in [1.54, 1.807) is 37.3 Å². The molecule has 0 aromatic heterocycles. The Morgan fingerprint density at radius 2 is 1.12 bits per heavy atom. The van der Waals surface area contributed by atoms with Gasteiger partial charge in [-0.2, -0.15) is 25.3 Å². The number of nitrogens with one attached hydrogen (secondary N) is 11. The number of unbranched alkanes of at least 4 members (excludes halogenated alkanes) is 1. The molecule has 98 heavy (non-hydrogen) atoms. The van der Waals surface area contributed by atoms with Crippen molar-refractivity contribution in [3.8, 4) is 0 Å². The summed E-state index contributed by atoms with van der Waals surface area (Å²) in [4.78, 5) is 140. The number of carboxylic acid groups (broad SMARTS) is 1. The van der Waals surface area contributed by atoms with Crippen LogP contribution in [0, 0.1) is 0 Å². The number of fused-ring (bicyclic) bond motifs is 5. The maximum atomic E-state index is 14.7. The number of carbonyl (C=O) groups excluding carboxylic acids is 9. The first-order valence-electron chi connectivity index (χ1n) is 29.8. The number of nitrogens with two attached hydrogens (primary N) is 2. The molecule has 34 nitrogen and oxygen atoms in total. The monoisotopic (exact) mass is 1490 g/mol. The topological polar surface area (TPSA) is 551 Å². The van der Waals surface area contributed by atoms with Crippen LogP contribution in [0.15, 0.2) is 86.4 Å². The summed E-state index contributed by atoms with van der Waals surface area (Å²) in [5.41, 5.74) is 11.4. The van der Waals surface area contributed by atoms with Crippen molar-refractivity contribution in [2.45, 2.75) is 109 Å². The maximum Gasteiger partial charge on any atom is 0.305 e. The highest BCUT2D eigenvalue weighted by Crippen LogP contribution is 2.44. The van der Waals surface area contributed by atoms with Crippen molar-refractivity contribution >= 4 is 184 Å². The van der Waals surface area contributed by atoms with Gasteiger partial charge in [0.15, 0.2) is 11.1 Å². The molecule has 9 amide bonds. The van der Waals surface area contributed by atoms with Gasteiger partial charge in [0, 0.05) is 81.3 Å². The van der Waals surface area contributed by atoms with E-state index in [-0.39, 0.29) is 124 Å². The van der Waals surface area contributed by atoms with Crippen molar-refractivity contribution < 1.29 is 92.0 Å². The third-order valence-corrected chi connectivity index (χ3v) is 21.4. The highest BCUT2D eigenvalue weighted by Gasteiger charge is 2.36. The number of likely N-dealkylation sites (N-methyl/N-ethyl adjacent to an activating group) is 1. The van der Waals surface area contributed by atoms with Crippen LogP contribution in [0.2, 0.25) is 0 Å². The molecule has 2 fully saturated rings. The van der Waals surface area contributed by atoms with E-state index < -0.39 is 165 Å². The summed E-state index contributed by atoms with van der Waals surface area (Å²) < 4.78 is 107. The lowest BCUT2D eigenvalue weighted by atomic mass is 9.93. The Kier molecular flexibility index (Phi) is 27.0. The number of hydrogen-bond donors (Lipinski definition) is 17. The molecule has 2 aliphatic heterocycles. The summed E-state index contributed by atoms with van der Waals surface area (Å²) >= 11 is 6.45. The number of thioether (sulfide) groups is 1. The van der Waals surface area contributed by atoms with Gasteiger partial charge in [-0.05, 0) is 68.9 Å². The van der Waals surface area contributed by atoms with Gasteiger partial charge in [-0.15, -0.1) is 11.8 Å². The minimum Gasteiger partial charge on any atom is -0.481 e. The molecule has 0 spiro atoms. The molecule has 0 unspecified atom stereocenters. The van der Waals surface area contributed by atoms with E-state index in [9.17, 15) is 92.0 Å². The van der Waals surface area contributed by atoms with Crippen LogP contribution in [0.1, 0.15) is 51.0 Å². The van der Waals surface area contributed by atoms with Gasteiger partial charge in [0.25, 0.3) is 30.4 Å². The van der Waals surface area contributed by atoms with Gasteiger partial charge in [0.05, 0.1) is 18.7 Å². The number of aliphatic carboxylic acids is 1. The predicted molar refractivity (Wildman–Crippen MR) is 367 cm³/mol. The summed E-state index contributed by atoms with van der Waals surface area (Å²) in [6.45, 7) is 0.800. The van der Waals surface area contributed by atoms with Gasteiger partial charge >= 0.3 is 5.97 Å². The fourth-order valence-corrected chi connectivity index (χ4v) is 16.1. The average molecular weight is 1500 g/mol. The molecule has 2 aliphatic rings. The third kappa shape index (κ3) is 21.3. The lowest BCUT2D eigenvalue weighted by Gasteiger charge is -2.27. The highest BCUT2D eigenvalue weighted by molar-refractivity contribution is 8.76.